The zero-order valence-electron chi connectivity index (χ0n) is 25.8. The number of allylic oxidation sites excluding steroid dienone is 1. The number of urea groups is 1. The molecule has 0 aliphatic carbocycles. The Morgan fingerprint density at radius 2 is 1.91 bits per heavy atom. The molecule has 4 rings (SSSR count). The standard InChI is InChI=1S/C31H36N6O8/c1-7-44-26-13-21(29-28(30(39)43-6)19(4)33-31(40)34-29)9-11-25(26)45-16-27(38)35-32-15-22-12-18(3)36(20(22)5)23-10-8-17(2)24(14-23)37(41)42/h8-15,27,29,35,38H,7,16H2,1-6H3,(H2,33,34,40)/b32-15-/t27-,29+/m0/s1. The topological polar surface area (TPSA) is 179 Å². The molecule has 3 aromatic rings. The summed E-state index contributed by atoms with van der Waals surface area (Å²) in [6.07, 6.45) is 0.367. The number of hydrogen-bond acceptors (Lipinski definition) is 10. The number of rotatable bonds is 12. The number of nitrogens with zero attached hydrogens (tertiary/aromatic N) is 3. The van der Waals surface area contributed by atoms with Crippen LogP contribution in [-0.2, 0) is 9.53 Å². The van der Waals surface area contributed by atoms with Crippen molar-refractivity contribution in [3.8, 4) is 17.2 Å². The summed E-state index contributed by atoms with van der Waals surface area (Å²) in [6.45, 7) is 9.01. The van der Waals surface area contributed by atoms with Gasteiger partial charge in [-0.1, -0.05) is 12.1 Å². The number of nitro groups is 1. The fourth-order valence-electron chi connectivity index (χ4n) is 5.06. The number of carbonyl (C=O) groups excluding carboxylic acids is 2. The third-order valence-electron chi connectivity index (χ3n) is 7.22. The first kappa shape index (κ1) is 32.5. The molecule has 1 aromatic heterocycles. The molecule has 238 valence electrons. The molecular formula is C31H36N6O8. The Labute approximate surface area is 259 Å². The Morgan fingerprint density at radius 1 is 1.16 bits per heavy atom. The van der Waals surface area contributed by atoms with E-state index in [0.29, 0.717) is 40.6 Å². The Hall–Kier alpha value is -5.37. The van der Waals surface area contributed by atoms with E-state index in [-0.39, 0.29) is 17.9 Å². The molecule has 0 spiro atoms. The van der Waals surface area contributed by atoms with E-state index in [4.69, 9.17) is 14.2 Å². The first-order chi connectivity index (χ1) is 21.4. The van der Waals surface area contributed by atoms with Crippen molar-refractivity contribution < 1.29 is 33.8 Å². The van der Waals surface area contributed by atoms with E-state index in [9.17, 15) is 24.8 Å². The SMILES string of the molecule is CCOc1cc([C@H]2NC(=O)NC(C)=C2C(=O)OC)ccc1OC[C@H](O)N/N=C\c1cc(C)n(-c2ccc(C)c([N+](=O)[O-])c2)c1C. The summed E-state index contributed by atoms with van der Waals surface area (Å²) >= 11 is 0. The molecule has 0 saturated heterocycles. The number of aliphatic hydroxyl groups is 1. The summed E-state index contributed by atoms with van der Waals surface area (Å²) in [5, 5.41) is 31.4. The number of esters is 1. The quantitative estimate of drug-likeness (QED) is 0.0770. The van der Waals surface area contributed by atoms with Crippen molar-refractivity contribution in [3.05, 3.63) is 91.9 Å². The van der Waals surface area contributed by atoms with E-state index in [2.05, 4.69) is 21.2 Å². The number of methoxy groups -OCH3 is 1. The number of ether oxygens (including phenoxy) is 3. The molecule has 0 bridgehead atoms. The lowest BCUT2D eigenvalue weighted by atomic mass is 9.95. The summed E-state index contributed by atoms with van der Waals surface area (Å²) in [4.78, 5) is 35.6. The summed E-state index contributed by atoms with van der Waals surface area (Å²) in [5.74, 6) is 0.102. The summed E-state index contributed by atoms with van der Waals surface area (Å²) in [7, 11) is 1.27. The molecule has 4 N–H and O–H groups in total. The van der Waals surface area contributed by atoms with Gasteiger partial charge in [0, 0.05) is 34.3 Å². The highest BCUT2D eigenvalue weighted by Crippen LogP contribution is 2.35. The lowest BCUT2D eigenvalue weighted by Crippen LogP contribution is -2.45. The van der Waals surface area contributed by atoms with E-state index in [1.54, 1.807) is 51.3 Å². The number of hydrogen-bond donors (Lipinski definition) is 4. The molecule has 1 aliphatic rings. The Bertz CT molecular complexity index is 1680. The number of hydrazone groups is 1. The van der Waals surface area contributed by atoms with Crippen molar-refractivity contribution in [1.29, 1.82) is 0 Å². The van der Waals surface area contributed by atoms with Crippen LogP contribution in [0.25, 0.3) is 5.69 Å². The second kappa shape index (κ2) is 13.9. The molecule has 2 heterocycles. The predicted molar refractivity (Wildman–Crippen MR) is 166 cm³/mol. The normalized spacial score (nSPS) is 15.4. The fourth-order valence-corrected chi connectivity index (χ4v) is 5.06. The molecule has 2 atom stereocenters. The average molecular weight is 621 g/mol. The van der Waals surface area contributed by atoms with E-state index >= 15 is 0 Å². The van der Waals surface area contributed by atoms with Crippen molar-refractivity contribution in [2.45, 2.75) is 46.9 Å². The maximum absolute atomic E-state index is 12.4. The second-order valence-electron chi connectivity index (χ2n) is 10.3. The van der Waals surface area contributed by atoms with Crippen molar-refractivity contribution >= 4 is 23.9 Å². The number of aliphatic hydroxyl groups excluding tert-OH is 1. The number of aryl methyl sites for hydroxylation is 2. The Morgan fingerprint density at radius 3 is 2.60 bits per heavy atom. The first-order valence-electron chi connectivity index (χ1n) is 14.1. The largest absolute Gasteiger partial charge is 0.490 e. The van der Waals surface area contributed by atoms with Crippen LogP contribution in [-0.4, -0.2) is 59.4 Å². The van der Waals surface area contributed by atoms with Crippen LogP contribution in [0.4, 0.5) is 10.5 Å². The maximum atomic E-state index is 12.4. The van der Waals surface area contributed by atoms with E-state index in [0.717, 1.165) is 17.0 Å². The molecular weight excluding hydrogens is 584 g/mol. The molecule has 0 radical (unpaired) electrons. The van der Waals surface area contributed by atoms with Gasteiger partial charge in [-0.05, 0) is 64.4 Å². The van der Waals surface area contributed by atoms with Crippen LogP contribution in [0.15, 0.2) is 58.8 Å². The molecule has 0 saturated carbocycles. The summed E-state index contributed by atoms with van der Waals surface area (Å²) in [5.41, 5.74) is 7.54. The van der Waals surface area contributed by atoms with E-state index in [1.807, 2.05) is 30.5 Å². The van der Waals surface area contributed by atoms with Crippen molar-refractivity contribution in [1.82, 2.24) is 20.6 Å². The van der Waals surface area contributed by atoms with Crippen molar-refractivity contribution in [2.24, 2.45) is 5.10 Å². The number of nitro benzene ring substituents is 1. The molecule has 2 aromatic carbocycles. The number of amides is 2. The first-order valence-corrected chi connectivity index (χ1v) is 14.1. The van der Waals surface area contributed by atoms with Gasteiger partial charge in [0.25, 0.3) is 5.69 Å². The van der Waals surface area contributed by atoms with Crippen molar-refractivity contribution in [3.63, 3.8) is 0 Å². The van der Waals surface area contributed by atoms with Gasteiger partial charge in [0.05, 0.1) is 42.2 Å². The fraction of sp³-hybridized carbons (Fsp3) is 0.323. The van der Waals surface area contributed by atoms with Crippen LogP contribution < -0.4 is 25.5 Å². The second-order valence-corrected chi connectivity index (χ2v) is 10.3. The minimum atomic E-state index is -1.18. The predicted octanol–water partition coefficient (Wildman–Crippen LogP) is 3.83. The molecule has 0 fully saturated rings. The van der Waals surface area contributed by atoms with Crippen molar-refractivity contribution in [2.75, 3.05) is 20.3 Å². The van der Waals surface area contributed by atoms with Crippen LogP contribution in [0.3, 0.4) is 0 Å². The minimum absolute atomic E-state index is 0.0399. The number of nitrogens with one attached hydrogen (secondary N) is 3. The summed E-state index contributed by atoms with van der Waals surface area (Å²) < 4.78 is 18.4. The Balaban J connectivity index is 1.44. The number of carbonyl (C=O) groups is 2. The highest BCUT2D eigenvalue weighted by atomic mass is 16.6. The molecule has 2 amide bonds. The Kier molecular flexibility index (Phi) is 10.1. The third-order valence-corrected chi connectivity index (χ3v) is 7.22. The van der Waals surface area contributed by atoms with Gasteiger partial charge in [-0.25, -0.2) is 9.59 Å². The van der Waals surface area contributed by atoms with Gasteiger partial charge in [0.15, 0.2) is 17.7 Å². The van der Waals surface area contributed by atoms with Gasteiger partial charge in [0.1, 0.15) is 6.61 Å². The van der Waals surface area contributed by atoms with Crippen LogP contribution >= 0.6 is 0 Å². The van der Waals surface area contributed by atoms with E-state index in [1.165, 1.54) is 13.2 Å². The summed E-state index contributed by atoms with van der Waals surface area (Å²) in [6, 6.07) is 10.7. The zero-order valence-corrected chi connectivity index (χ0v) is 25.8. The van der Waals surface area contributed by atoms with E-state index < -0.39 is 29.2 Å². The maximum Gasteiger partial charge on any atom is 0.337 e. The molecule has 14 nitrogen and oxygen atoms in total. The van der Waals surface area contributed by atoms with Gasteiger partial charge in [-0.15, -0.1) is 0 Å². The van der Waals surface area contributed by atoms with Gasteiger partial charge in [-0.2, -0.15) is 5.10 Å². The highest BCUT2D eigenvalue weighted by Gasteiger charge is 2.32. The molecule has 45 heavy (non-hydrogen) atoms. The van der Waals surface area contributed by atoms with Gasteiger partial charge in [0.2, 0.25) is 0 Å². The lowest BCUT2D eigenvalue weighted by Gasteiger charge is -2.28. The minimum Gasteiger partial charge on any atom is -0.490 e. The molecule has 14 heteroatoms. The van der Waals surface area contributed by atoms with Crippen LogP contribution in [0.5, 0.6) is 11.5 Å². The van der Waals surface area contributed by atoms with Gasteiger partial charge >= 0.3 is 12.0 Å². The highest BCUT2D eigenvalue weighted by molar-refractivity contribution is 5.95. The van der Waals surface area contributed by atoms with Gasteiger partial charge in [-0.3, -0.25) is 15.5 Å². The third kappa shape index (κ3) is 7.24. The molecule has 1 aliphatic heterocycles. The number of aromatic nitrogens is 1. The van der Waals surface area contributed by atoms with Crippen LogP contribution in [0.1, 0.15) is 48.0 Å². The lowest BCUT2D eigenvalue weighted by molar-refractivity contribution is -0.385. The smallest absolute Gasteiger partial charge is 0.337 e. The average Bonchev–Trinajstić information content (AvgIpc) is 3.28. The number of benzene rings is 2. The van der Waals surface area contributed by atoms with Crippen LogP contribution in [0, 0.1) is 30.9 Å². The molecule has 0 unspecified atom stereocenters. The zero-order chi connectivity index (χ0) is 32.8. The van der Waals surface area contributed by atoms with Gasteiger partial charge < -0.3 is 34.5 Å². The monoisotopic (exact) mass is 620 g/mol. The van der Waals surface area contributed by atoms with Crippen LogP contribution in [0.2, 0.25) is 0 Å².